The molecule has 0 heterocycles. The molecule has 0 aliphatic rings. The van der Waals surface area contributed by atoms with Gasteiger partial charge in [-0.25, -0.2) is 0 Å². The van der Waals surface area contributed by atoms with Crippen molar-refractivity contribution in [3.05, 3.63) is 0 Å². The number of nitrogens with one attached hydrogen (secondary N) is 1. The fourth-order valence-corrected chi connectivity index (χ4v) is 2.28. The number of nitrogens with zero attached hydrogens (tertiary/aromatic N) is 1. The minimum absolute atomic E-state index is 0.620. The molecule has 0 aromatic heterocycles. The van der Waals surface area contributed by atoms with E-state index in [4.69, 9.17) is 4.74 Å². The molecule has 0 rings (SSSR count). The average molecular weight is 301 g/mol. The van der Waals surface area contributed by atoms with Crippen molar-refractivity contribution in [2.75, 3.05) is 39.4 Å². The molecular weight excluding hydrogens is 260 g/mol. The molecular formula is C18H40N2O. The van der Waals surface area contributed by atoms with Crippen LogP contribution in [-0.4, -0.2) is 50.3 Å². The molecule has 0 fully saturated rings. The summed E-state index contributed by atoms with van der Waals surface area (Å²) < 4.78 is 5.37. The minimum atomic E-state index is 0.620. The van der Waals surface area contributed by atoms with E-state index in [2.05, 4.69) is 51.8 Å². The Morgan fingerprint density at radius 3 is 2.00 bits per heavy atom. The van der Waals surface area contributed by atoms with Crippen LogP contribution in [0.15, 0.2) is 0 Å². The SMILES string of the molecule is CCOCCCNCC(C)N(CCC(C)C)CCC(C)C. The van der Waals surface area contributed by atoms with Gasteiger partial charge < -0.3 is 10.1 Å². The van der Waals surface area contributed by atoms with Crippen LogP contribution in [0.3, 0.4) is 0 Å². The van der Waals surface area contributed by atoms with Gasteiger partial charge in [-0.1, -0.05) is 27.7 Å². The van der Waals surface area contributed by atoms with E-state index in [1.54, 1.807) is 0 Å². The lowest BCUT2D eigenvalue weighted by atomic mass is 10.1. The highest BCUT2D eigenvalue weighted by molar-refractivity contribution is 4.71. The van der Waals surface area contributed by atoms with E-state index in [9.17, 15) is 0 Å². The summed E-state index contributed by atoms with van der Waals surface area (Å²) in [5.41, 5.74) is 0. The molecule has 0 aromatic carbocycles. The minimum Gasteiger partial charge on any atom is -0.382 e. The van der Waals surface area contributed by atoms with Crippen LogP contribution in [0.2, 0.25) is 0 Å². The quantitative estimate of drug-likeness (QED) is 0.494. The number of rotatable bonds is 14. The first-order valence-corrected chi connectivity index (χ1v) is 8.99. The number of ether oxygens (including phenoxy) is 1. The maximum atomic E-state index is 5.37. The second kappa shape index (κ2) is 13.5. The molecule has 0 aliphatic heterocycles. The van der Waals surface area contributed by atoms with E-state index in [0.29, 0.717) is 6.04 Å². The first-order valence-electron chi connectivity index (χ1n) is 8.99. The lowest BCUT2D eigenvalue weighted by Gasteiger charge is -2.30. The van der Waals surface area contributed by atoms with Gasteiger partial charge in [0.05, 0.1) is 0 Å². The Hall–Kier alpha value is -0.120. The van der Waals surface area contributed by atoms with Gasteiger partial charge in [0.25, 0.3) is 0 Å². The first kappa shape index (κ1) is 20.9. The highest BCUT2D eigenvalue weighted by Gasteiger charge is 2.14. The van der Waals surface area contributed by atoms with Crippen LogP contribution in [0.25, 0.3) is 0 Å². The summed E-state index contributed by atoms with van der Waals surface area (Å²) >= 11 is 0. The highest BCUT2D eigenvalue weighted by Crippen LogP contribution is 2.09. The molecule has 0 saturated heterocycles. The molecule has 1 unspecified atom stereocenters. The van der Waals surface area contributed by atoms with Crippen LogP contribution in [0.4, 0.5) is 0 Å². The van der Waals surface area contributed by atoms with E-state index in [1.165, 1.54) is 25.9 Å². The van der Waals surface area contributed by atoms with Gasteiger partial charge in [-0.2, -0.15) is 0 Å². The van der Waals surface area contributed by atoms with E-state index in [1.807, 2.05) is 0 Å². The lowest BCUT2D eigenvalue weighted by molar-refractivity contribution is 0.143. The average Bonchev–Trinajstić information content (AvgIpc) is 2.41. The van der Waals surface area contributed by atoms with E-state index in [0.717, 1.165) is 44.6 Å². The van der Waals surface area contributed by atoms with Crippen molar-refractivity contribution in [2.45, 2.75) is 66.8 Å². The Kier molecular flexibility index (Phi) is 13.5. The van der Waals surface area contributed by atoms with Crippen molar-refractivity contribution in [2.24, 2.45) is 11.8 Å². The molecule has 0 amide bonds. The van der Waals surface area contributed by atoms with E-state index >= 15 is 0 Å². The summed E-state index contributed by atoms with van der Waals surface area (Å²) in [5.74, 6) is 1.58. The Morgan fingerprint density at radius 2 is 1.52 bits per heavy atom. The van der Waals surface area contributed by atoms with Gasteiger partial charge in [-0.05, 0) is 64.6 Å². The van der Waals surface area contributed by atoms with Crippen LogP contribution in [0.5, 0.6) is 0 Å². The molecule has 0 aliphatic carbocycles. The van der Waals surface area contributed by atoms with E-state index < -0.39 is 0 Å². The molecule has 0 saturated carbocycles. The summed E-state index contributed by atoms with van der Waals surface area (Å²) in [7, 11) is 0. The van der Waals surface area contributed by atoms with E-state index in [-0.39, 0.29) is 0 Å². The third-order valence-corrected chi connectivity index (χ3v) is 3.90. The van der Waals surface area contributed by atoms with Gasteiger partial charge >= 0.3 is 0 Å². The summed E-state index contributed by atoms with van der Waals surface area (Å²) in [6.45, 7) is 20.0. The second-order valence-corrected chi connectivity index (χ2v) is 7.00. The smallest absolute Gasteiger partial charge is 0.0477 e. The second-order valence-electron chi connectivity index (χ2n) is 7.00. The fourth-order valence-electron chi connectivity index (χ4n) is 2.28. The molecule has 3 heteroatoms. The first-order chi connectivity index (χ1) is 9.97. The molecule has 0 spiro atoms. The Balaban J connectivity index is 3.95. The van der Waals surface area contributed by atoms with Crippen LogP contribution in [-0.2, 0) is 4.74 Å². The van der Waals surface area contributed by atoms with Gasteiger partial charge in [0.1, 0.15) is 0 Å². The van der Waals surface area contributed by atoms with Crippen molar-refractivity contribution < 1.29 is 4.74 Å². The molecule has 1 atom stereocenters. The van der Waals surface area contributed by atoms with Crippen LogP contribution < -0.4 is 5.32 Å². The Morgan fingerprint density at radius 1 is 0.952 bits per heavy atom. The molecule has 128 valence electrons. The molecule has 0 radical (unpaired) electrons. The van der Waals surface area contributed by atoms with Crippen molar-refractivity contribution in [3.8, 4) is 0 Å². The van der Waals surface area contributed by atoms with Gasteiger partial charge in [0, 0.05) is 25.8 Å². The number of hydrogen-bond acceptors (Lipinski definition) is 3. The normalized spacial score (nSPS) is 13.6. The third kappa shape index (κ3) is 13.3. The van der Waals surface area contributed by atoms with Gasteiger partial charge in [-0.15, -0.1) is 0 Å². The molecule has 1 N–H and O–H groups in total. The van der Waals surface area contributed by atoms with Crippen molar-refractivity contribution in [3.63, 3.8) is 0 Å². The zero-order valence-corrected chi connectivity index (χ0v) is 15.5. The summed E-state index contributed by atoms with van der Waals surface area (Å²) in [6.07, 6.45) is 3.71. The van der Waals surface area contributed by atoms with Crippen LogP contribution in [0, 0.1) is 11.8 Å². The molecule has 0 aromatic rings. The Labute approximate surface area is 133 Å². The standard InChI is InChI=1S/C18H40N2O/c1-7-21-14-8-11-19-15-18(6)20(12-9-16(2)3)13-10-17(4)5/h16-19H,7-15H2,1-6H3. The predicted octanol–water partition coefficient (Wildman–Crippen LogP) is 3.79. The van der Waals surface area contributed by atoms with Crippen LogP contribution in [0.1, 0.15) is 60.8 Å². The monoisotopic (exact) mass is 300 g/mol. The van der Waals surface area contributed by atoms with Gasteiger partial charge in [-0.3, -0.25) is 4.90 Å². The maximum Gasteiger partial charge on any atom is 0.0477 e. The predicted molar refractivity (Wildman–Crippen MR) is 93.9 cm³/mol. The topological polar surface area (TPSA) is 24.5 Å². The fraction of sp³-hybridized carbons (Fsp3) is 1.00. The number of hydrogen-bond donors (Lipinski definition) is 1. The summed E-state index contributed by atoms with van der Waals surface area (Å²) in [5, 5.41) is 3.58. The molecule has 3 nitrogen and oxygen atoms in total. The zero-order chi connectivity index (χ0) is 16.1. The summed E-state index contributed by atoms with van der Waals surface area (Å²) in [4.78, 5) is 2.66. The van der Waals surface area contributed by atoms with Crippen molar-refractivity contribution in [1.82, 2.24) is 10.2 Å². The van der Waals surface area contributed by atoms with Crippen molar-refractivity contribution >= 4 is 0 Å². The van der Waals surface area contributed by atoms with Crippen LogP contribution >= 0.6 is 0 Å². The highest BCUT2D eigenvalue weighted by atomic mass is 16.5. The maximum absolute atomic E-state index is 5.37. The summed E-state index contributed by atoms with van der Waals surface area (Å²) in [6, 6.07) is 0.620. The Bertz CT molecular complexity index is 207. The van der Waals surface area contributed by atoms with Crippen molar-refractivity contribution in [1.29, 1.82) is 0 Å². The third-order valence-electron chi connectivity index (χ3n) is 3.90. The lowest BCUT2D eigenvalue weighted by Crippen LogP contribution is -2.42. The zero-order valence-electron chi connectivity index (χ0n) is 15.5. The molecule has 21 heavy (non-hydrogen) atoms. The van der Waals surface area contributed by atoms with Gasteiger partial charge in [0.15, 0.2) is 0 Å². The largest absolute Gasteiger partial charge is 0.382 e. The van der Waals surface area contributed by atoms with Gasteiger partial charge in [0.2, 0.25) is 0 Å². The molecule has 0 bridgehead atoms.